The smallest absolute Gasteiger partial charge is 0.262 e. The van der Waals surface area contributed by atoms with Crippen molar-refractivity contribution in [3.8, 4) is 11.5 Å². The van der Waals surface area contributed by atoms with Gasteiger partial charge >= 0.3 is 0 Å². The maximum absolute atomic E-state index is 13.7. The van der Waals surface area contributed by atoms with Crippen LogP contribution in [-0.4, -0.2) is 43.7 Å². The van der Waals surface area contributed by atoms with Crippen LogP contribution < -0.4 is 25.5 Å². The lowest BCUT2D eigenvalue weighted by molar-refractivity contribution is -0.121. The number of benzene rings is 3. The zero-order chi connectivity index (χ0) is 27.3. The van der Waals surface area contributed by atoms with Crippen molar-refractivity contribution in [2.24, 2.45) is 5.10 Å². The molecule has 198 valence electrons. The molecule has 0 fully saturated rings. The van der Waals surface area contributed by atoms with E-state index >= 15 is 0 Å². The molecule has 3 N–H and O–H groups in total. The molecule has 0 unspecified atom stereocenters. The quantitative estimate of drug-likeness (QED) is 0.247. The maximum Gasteiger partial charge on any atom is 0.262 e. The van der Waals surface area contributed by atoms with Gasteiger partial charge in [-0.3, -0.25) is 14.4 Å². The molecule has 0 saturated carbocycles. The van der Waals surface area contributed by atoms with Crippen molar-refractivity contribution in [3.05, 3.63) is 89.5 Å². The lowest BCUT2D eigenvalue weighted by Gasteiger charge is -2.13. The van der Waals surface area contributed by atoms with Crippen LogP contribution in [0.2, 0.25) is 0 Å². The van der Waals surface area contributed by atoms with Crippen molar-refractivity contribution in [3.63, 3.8) is 0 Å². The first-order chi connectivity index (χ1) is 18.4. The number of nitrogens with zero attached hydrogens (tertiary/aromatic N) is 1. The van der Waals surface area contributed by atoms with E-state index in [0.717, 1.165) is 0 Å². The molecule has 0 aliphatic heterocycles. The normalized spacial score (nSPS) is 10.6. The molecule has 0 aliphatic rings. The van der Waals surface area contributed by atoms with Gasteiger partial charge in [0.1, 0.15) is 11.6 Å². The zero-order valence-corrected chi connectivity index (χ0v) is 20.5. The fourth-order valence-electron chi connectivity index (χ4n) is 3.15. The monoisotopic (exact) mass is 524 g/mol. The van der Waals surface area contributed by atoms with Gasteiger partial charge in [-0.25, -0.2) is 14.2 Å². The number of hydrogen-bond donors (Lipinski definition) is 3. The average Bonchev–Trinajstić information content (AvgIpc) is 2.90. The second kappa shape index (κ2) is 14.1. The van der Waals surface area contributed by atoms with E-state index in [4.69, 9.17) is 9.47 Å². The maximum atomic E-state index is 13.7. The summed E-state index contributed by atoms with van der Waals surface area (Å²) in [5, 5.41) is 8.78. The van der Waals surface area contributed by atoms with Crippen LogP contribution in [0.25, 0.3) is 0 Å². The highest BCUT2D eigenvalue weighted by atomic mass is 19.1. The van der Waals surface area contributed by atoms with Crippen LogP contribution in [0.5, 0.6) is 11.5 Å². The molecule has 11 heteroatoms. The fourth-order valence-corrected chi connectivity index (χ4v) is 3.15. The Bertz CT molecular complexity index is 1320. The Hall–Kier alpha value is -4.80. The second-order valence-electron chi connectivity index (χ2n) is 7.73. The van der Waals surface area contributed by atoms with Crippen LogP contribution >= 0.6 is 0 Å². The van der Waals surface area contributed by atoms with E-state index in [2.05, 4.69) is 21.2 Å². The highest BCUT2D eigenvalue weighted by Crippen LogP contribution is 2.28. The van der Waals surface area contributed by atoms with E-state index in [1.54, 1.807) is 37.3 Å². The van der Waals surface area contributed by atoms with Gasteiger partial charge in [0.25, 0.3) is 11.8 Å². The Kier molecular flexibility index (Phi) is 10.3. The third-order valence-corrected chi connectivity index (χ3v) is 4.93. The van der Waals surface area contributed by atoms with Crippen LogP contribution in [0.1, 0.15) is 29.3 Å². The number of amides is 3. The molecule has 3 amide bonds. The summed E-state index contributed by atoms with van der Waals surface area (Å²) >= 11 is 0. The molecular formula is C27H26F2N4O5. The molecule has 0 aromatic heterocycles. The summed E-state index contributed by atoms with van der Waals surface area (Å²) in [6, 6.07) is 16.2. The van der Waals surface area contributed by atoms with Crippen LogP contribution in [0.3, 0.4) is 0 Å². The molecule has 3 rings (SSSR count). The highest BCUT2D eigenvalue weighted by Gasteiger charge is 2.12. The molecule has 3 aromatic carbocycles. The minimum absolute atomic E-state index is 0.000460. The van der Waals surface area contributed by atoms with Gasteiger partial charge in [-0.1, -0.05) is 24.3 Å². The summed E-state index contributed by atoms with van der Waals surface area (Å²) in [5.41, 5.74) is 2.86. The number of carbonyl (C=O) groups is 3. The molecule has 9 nitrogen and oxygen atoms in total. The summed E-state index contributed by atoms with van der Waals surface area (Å²) in [6.45, 7) is 1.74. The van der Waals surface area contributed by atoms with Crippen molar-refractivity contribution in [2.75, 3.05) is 25.1 Å². The molecule has 0 bridgehead atoms. The summed E-state index contributed by atoms with van der Waals surface area (Å²) in [6.07, 6.45) is 1.32. The second-order valence-corrected chi connectivity index (χ2v) is 7.73. The average molecular weight is 525 g/mol. The van der Waals surface area contributed by atoms with E-state index in [1.165, 1.54) is 42.6 Å². The SMILES string of the molecule is CCOc1cc(C=NNC(=O)CCNC(=O)c2ccccc2F)ccc1OCC(=O)Nc1ccccc1F. The minimum Gasteiger partial charge on any atom is -0.490 e. The number of nitrogens with one attached hydrogen (secondary N) is 3. The summed E-state index contributed by atoms with van der Waals surface area (Å²) in [4.78, 5) is 36.1. The molecule has 3 aromatic rings. The molecular weight excluding hydrogens is 498 g/mol. The van der Waals surface area contributed by atoms with Gasteiger partial charge < -0.3 is 20.1 Å². The number of ether oxygens (including phenoxy) is 2. The van der Waals surface area contributed by atoms with Crippen LogP contribution in [0.15, 0.2) is 71.8 Å². The first kappa shape index (κ1) is 27.8. The Labute approximate surface area is 217 Å². The minimum atomic E-state index is -0.646. The van der Waals surface area contributed by atoms with Crippen molar-refractivity contribution in [2.45, 2.75) is 13.3 Å². The lowest BCUT2D eigenvalue weighted by Crippen LogP contribution is -2.29. The van der Waals surface area contributed by atoms with E-state index in [-0.39, 0.29) is 30.8 Å². The third kappa shape index (κ3) is 8.40. The van der Waals surface area contributed by atoms with Gasteiger partial charge in [0.05, 0.1) is 24.1 Å². The van der Waals surface area contributed by atoms with E-state index in [0.29, 0.717) is 23.7 Å². The number of halogens is 2. The molecule has 0 heterocycles. The summed E-state index contributed by atoms with van der Waals surface area (Å²) < 4.78 is 38.4. The third-order valence-electron chi connectivity index (χ3n) is 4.93. The van der Waals surface area contributed by atoms with Gasteiger partial charge in [0, 0.05) is 13.0 Å². The topological polar surface area (TPSA) is 118 Å². The summed E-state index contributed by atoms with van der Waals surface area (Å²) in [5.74, 6) is -2.18. The standard InChI is InChI=1S/C27H26F2N4O5/c1-2-37-24-15-18(11-12-23(24)38-17-26(35)32-22-10-6-5-9-21(22)29)16-31-33-25(34)13-14-30-27(36)19-7-3-4-8-20(19)28/h3-12,15-16H,2,13-14,17H2,1H3,(H,30,36)(H,32,35)(H,33,34). The van der Waals surface area contributed by atoms with Crippen molar-refractivity contribution >= 4 is 29.6 Å². The Balaban J connectivity index is 1.48. The Morgan fingerprint density at radius 3 is 2.37 bits per heavy atom. The Morgan fingerprint density at radius 1 is 0.895 bits per heavy atom. The first-order valence-corrected chi connectivity index (χ1v) is 11.7. The largest absolute Gasteiger partial charge is 0.490 e. The van der Waals surface area contributed by atoms with E-state index in [9.17, 15) is 23.2 Å². The Morgan fingerprint density at radius 2 is 1.63 bits per heavy atom. The number of para-hydroxylation sites is 1. The zero-order valence-electron chi connectivity index (χ0n) is 20.5. The van der Waals surface area contributed by atoms with E-state index < -0.39 is 29.4 Å². The van der Waals surface area contributed by atoms with E-state index in [1.807, 2.05) is 0 Å². The van der Waals surface area contributed by atoms with Crippen molar-refractivity contribution < 1.29 is 32.6 Å². The van der Waals surface area contributed by atoms with Crippen molar-refractivity contribution in [1.82, 2.24) is 10.7 Å². The van der Waals surface area contributed by atoms with Gasteiger partial charge in [-0.15, -0.1) is 0 Å². The number of rotatable bonds is 12. The predicted octanol–water partition coefficient (Wildman–Crippen LogP) is 3.65. The number of anilines is 1. The van der Waals surface area contributed by atoms with Crippen LogP contribution in [0.4, 0.5) is 14.5 Å². The molecule has 0 aliphatic carbocycles. The molecule has 0 atom stereocenters. The molecule has 0 spiro atoms. The number of hydrogen-bond acceptors (Lipinski definition) is 6. The molecule has 0 radical (unpaired) electrons. The van der Waals surface area contributed by atoms with Gasteiger partial charge in [-0.05, 0) is 55.0 Å². The van der Waals surface area contributed by atoms with Gasteiger partial charge in [0.2, 0.25) is 5.91 Å². The highest BCUT2D eigenvalue weighted by molar-refractivity contribution is 5.94. The van der Waals surface area contributed by atoms with Crippen molar-refractivity contribution in [1.29, 1.82) is 0 Å². The predicted molar refractivity (Wildman–Crippen MR) is 137 cm³/mol. The van der Waals surface area contributed by atoms with Crippen LogP contribution in [0, 0.1) is 11.6 Å². The fraction of sp³-hybridized carbons (Fsp3) is 0.185. The number of hydrazone groups is 1. The number of carbonyl (C=O) groups excluding carboxylic acids is 3. The summed E-state index contributed by atoms with van der Waals surface area (Å²) in [7, 11) is 0. The van der Waals surface area contributed by atoms with Gasteiger partial charge in [0.15, 0.2) is 18.1 Å². The molecule has 38 heavy (non-hydrogen) atoms. The van der Waals surface area contributed by atoms with Crippen LogP contribution in [-0.2, 0) is 9.59 Å². The molecule has 0 saturated heterocycles. The first-order valence-electron chi connectivity index (χ1n) is 11.7. The van der Waals surface area contributed by atoms with Gasteiger partial charge in [-0.2, -0.15) is 5.10 Å². The lowest BCUT2D eigenvalue weighted by atomic mass is 10.2.